The van der Waals surface area contributed by atoms with E-state index in [0.717, 1.165) is 4.88 Å². The quantitative estimate of drug-likeness (QED) is 0.927. The van der Waals surface area contributed by atoms with E-state index in [1.807, 2.05) is 34.3 Å². The molecule has 1 atom stereocenters. The Kier molecular flexibility index (Phi) is 4.26. The van der Waals surface area contributed by atoms with Gasteiger partial charge in [-0.3, -0.25) is 4.79 Å². The Morgan fingerprint density at radius 3 is 2.95 bits per heavy atom. The number of amides is 1. The number of rotatable bonds is 4. The average molecular weight is 320 g/mol. The van der Waals surface area contributed by atoms with Gasteiger partial charge in [0.1, 0.15) is 5.69 Å². The Balaban J connectivity index is 1.75. The molecule has 0 saturated carbocycles. The molecular formula is C15H16N2O4S. The van der Waals surface area contributed by atoms with Crippen molar-refractivity contribution < 1.29 is 19.4 Å². The van der Waals surface area contributed by atoms with Gasteiger partial charge in [0.25, 0.3) is 5.91 Å². The smallest absolute Gasteiger partial charge is 0.334 e. The lowest BCUT2D eigenvalue weighted by atomic mass is 10.2. The minimum atomic E-state index is -1.04. The number of hydrogen-bond donors (Lipinski definition) is 1. The molecular weight excluding hydrogens is 304 g/mol. The zero-order valence-corrected chi connectivity index (χ0v) is 12.7. The van der Waals surface area contributed by atoms with Crippen LogP contribution >= 0.6 is 11.3 Å². The van der Waals surface area contributed by atoms with Crippen molar-refractivity contribution in [1.82, 2.24) is 9.47 Å². The Morgan fingerprint density at radius 1 is 1.36 bits per heavy atom. The molecule has 2 aromatic heterocycles. The summed E-state index contributed by atoms with van der Waals surface area (Å²) in [6, 6.07) is 7.59. The Labute approximate surface area is 131 Å². The molecule has 2 aromatic rings. The van der Waals surface area contributed by atoms with Gasteiger partial charge >= 0.3 is 5.97 Å². The number of carbonyl (C=O) groups excluding carboxylic acids is 1. The SMILES string of the molecule is O=C(O)[C@@H]1CN(C(=O)c2cccn2Cc2cccs2)CCO1. The van der Waals surface area contributed by atoms with Crippen molar-refractivity contribution in [1.29, 1.82) is 0 Å². The van der Waals surface area contributed by atoms with Crippen molar-refractivity contribution in [2.24, 2.45) is 0 Å². The van der Waals surface area contributed by atoms with Crippen LogP contribution in [0.3, 0.4) is 0 Å². The molecule has 0 unspecified atom stereocenters. The van der Waals surface area contributed by atoms with Crippen molar-refractivity contribution in [3.8, 4) is 0 Å². The number of carboxylic acids is 1. The molecule has 1 saturated heterocycles. The molecule has 116 valence electrons. The van der Waals surface area contributed by atoms with Crippen molar-refractivity contribution >= 4 is 23.2 Å². The average Bonchev–Trinajstić information content (AvgIpc) is 3.19. The predicted octanol–water partition coefficient (Wildman–Crippen LogP) is 1.52. The molecule has 6 nitrogen and oxygen atoms in total. The van der Waals surface area contributed by atoms with Crippen LogP contribution < -0.4 is 0 Å². The maximum absolute atomic E-state index is 12.6. The molecule has 7 heteroatoms. The van der Waals surface area contributed by atoms with Gasteiger partial charge in [-0.25, -0.2) is 4.79 Å². The lowest BCUT2D eigenvalue weighted by Gasteiger charge is -2.31. The van der Waals surface area contributed by atoms with Gasteiger partial charge in [-0.15, -0.1) is 11.3 Å². The predicted molar refractivity (Wildman–Crippen MR) is 81.1 cm³/mol. The van der Waals surface area contributed by atoms with Crippen LogP contribution in [0.15, 0.2) is 35.8 Å². The largest absolute Gasteiger partial charge is 0.479 e. The van der Waals surface area contributed by atoms with E-state index in [1.165, 1.54) is 0 Å². The highest BCUT2D eigenvalue weighted by atomic mass is 32.1. The third-order valence-electron chi connectivity index (χ3n) is 3.58. The molecule has 1 amide bonds. The lowest BCUT2D eigenvalue weighted by Crippen LogP contribution is -2.48. The molecule has 3 rings (SSSR count). The summed E-state index contributed by atoms with van der Waals surface area (Å²) in [5.41, 5.74) is 0.569. The molecule has 0 radical (unpaired) electrons. The minimum Gasteiger partial charge on any atom is -0.479 e. The van der Waals surface area contributed by atoms with Gasteiger partial charge in [0, 0.05) is 17.6 Å². The number of hydrogen-bond acceptors (Lipinski definition) is 4. The van der Waals surface area contributed by atoms with E-state index < -0.39 is 12.1 Å². The number of ether oxygens (including phenoxy) is 1. The van der Waals surface area contributed by atoms with Crippen LogP contribution in [0.4, 0.5) is 0 Å². The standard InChI is InChI=1S/C15H16N2O4S/c18-14(17-6-7-21-13(10-17)15(19)20)12-4-1-5-16(12)9-11-3-2-8-22-11/h1-5,8,13H,6-7,9-10H2,(H,19,20)/t13-/m0/s1. The summed E-state index contributed by atoms with van der Waals surface area (Å²) in [7, 11) is 0. The van der Waals surface area contributed by atoms with E-state index in [-0.39, 0.29) is 19.1 Å². The number of carboxylic acid groups (broad SMARTS) is 1. The fourth-order valence-electron chi connectivity index (χ4n) is 2.46. The topological polar surface area (TPSA) is 71.8 Å². The van der Waals surface area contributed by atoms with Gasteiger partial charge in [-0.05, 0) is 23.6 Å². The second kappa shape index (κ2) is 6.33. The number of carbonyl (C=O) groups is 2. The first-order valence-electron chi connectivity index (χ1n) is 6.96. The van der Waals surface area contributed by atoms with E-state index in [9.17, 15) is 9.59 Å². The molecule has 0 aliphatic carbocycles. The molecule has 0 aromatic carbocycles. The zero-order valence-electron chi connectivity index (χ0n) is 11.8. The number of morpholine rings is 1. The van der Waals surface area contributed by atoms with E-state index in [4.69, 9.17) is 9.84 Å². The lowest BCUT2D eigenvalue weighted by molar-refractivity contribution is -0.154. The normalized spacial score (nSPS) is 18.4. The maximum atomic E-state index is 12.6. The van der Waals surface area contributed by atoms with Crippen LogP contribution in [0.2, 0.25) is 0 Å². The van der Waals surface area contributed by atoms with E-state index in [0.29, 0.717) is 18.8 Å². The van der Waals surface area contributed by atoms with Crippen molar-refractivity contribution in [2.45, 2.75) is 12.6 Å². The van der Waals surface area contributed by atoms with Crippen LogP contribution in [-0.2, 0) is 16.1 Å². The molecule has 3 heterocycles. The van der Waals surface area contributed by atoms with Gasteiger partial charge in [0.15, 0.2) is 6.10 Å². The van der Waals surface area contributed by atoms with E-state index in [2.05, 4.69) is 0 Å². The fraction of sp³-hybridized carbons (Fsp3) is 0.333. The van der Waals surface area contributed by atoms with Crippen LogP contribution in [0.25, 0.3) is 0 Å². The molecule has 1 fully saturated rings. The second-order valence-electron chi connectivity index (χ2n) is 5.05. The van der Waals surface area contributed by atoms with Gasteiger partial charge in [-0.2, -0.15) is 0 Å². The number of nitrogens with zero attached hydrogens (tertiary/aromatic N) is 2. The highest BCUT2D eigenvalue weighted by Gasteiger charge is 2.30. The molecule has 1 aliphatic heterocycles. The maximum Gasteiger partial charge on any atom is 0.334 e. The summed E-state index contributed by atoms with van der Waals surface area (Å²) >= 11 is 1.64. The van der Waals surface area contributed by atoms with Crippen LogP contribution in [0.5, 0.6) is 0 Å². The first kappa shape index (κ1) is 14.8. The molecule has 22 heavy (non-hydrogen) atoms. The van der Waals surface area contributed by atoms with Crippen molar-refractivity contribution in [3.05, 3.63) is 46.4 Å². The van der Waals surface area contributed by atoms with Crippen molar-refractivity contribution in [2.75, 3.05) is 19.7 Å². The molecule has 0 bridgehead atoms. The van der Waals surface area contributed by atoms with E-state index in [1.54, 1.807) is 22.3 Å². The fourth-order valence-corrected chi connectivity index (χ4v) is 3.16. The van der Waals surface area contributed by atoms with Gasteiger partial charge in [-0.1, -0.05) is 6.07 Å². The Bertz CT molecular complexity index is 665. The highest BCUT2D eigenvalue weighted by Crippen LogP contribution is 2.16. The van der Waals surface area contributed by atoms with E-state index >= 15 is 0 Å². The summed E-state index contributed by atoms with van der Waals surface area (Å²) in [4.78, 5) is 26.4. The second-order valence-corrected chi connectivity index (χ2v) is 6.08. The molecule has 1 N–H and O–H groups in total. The number of aliphatic carboxylic acids is 1. The Morgan fingerprint density at radius 2 is 2.23 bits per heavy atom. The third kappa shape index (κ3) is 3.05. The molecule has 1 aliphatic rings. The summed E-state index contributed by atoms with van der Waals surface area (Å²) in [6.07, 6.45) is 0.917. The van der Waals surface area contributed by atoms with Crippen LogP contribution in [0, 0.1) is 0 Å². The van der Waals surface area contributed by atoms with Gasteiger partial charge in [0.2, 0.25) is 0 Å². The summed E-state index contributed by atoms with van der Waals surface area (Å²) in [6.45, 7) is 1.37. The number of thiophene rings is 1. The van der Waals surface area contributed by atoms with Crippen LogP contribution in [0.1, 0.15) is 15.4 Å². The first-order valence-corrected chi connectivity index (χ1v) is 7.84. The van der Waals surface area contributed by atoms with Gasteiger partial charge in [0.05, 0.1) is 19.7 Å². The summed E-state index contributed by atoms with van der Waals surface area (Å²) in [5, 5.41) is 11.0. The minimum absolute atomic E-state index is 0.0817. The monoisotopic (exact) mass is 320 g/mol. The van der Waals surface area contributed by atoms with Gasteiger partial charge < -0.3 is 19.3 Å². The Hall–Kier alpha value is -2.12. The first-order chi connectivity index (χ1) is 10.6. The highest BCUT2D eigenvalue weighted by molar-refractivity contribution is 7.09. The summed E-state index contributed by atoms with van der Waals surface area (Å²) in [5.74, 6) is -1.19. The zero-order chi connectivity index (χ0) is 15.5. The third-order valence-corrected chi connectivity index (χ3v) is 4.45. The van der Waals surface area contributed by atoms with Crippen LogP contribution in [-0.4, -0.2) is 52.3 Å². The number of aromatic nitrogens is 1. The summed E-state index contributed by atoms with van der Waals surface area (Å²) < 4.78 is 7.04. The van der Waals surface area contributed by atoms with Crippen molar-refractivity contribution in [3.63, 3.8) is 0 Å². The molecule has 0 spiro atoms.